The molecule has 0 bridgehead atoms. The summed E-state index contributed by atoms with van der Waals surface area (Å²) in [5, 5.41) is 8.59. The number of carboxylic acids is 1. The van der Waals surface area contributed by atoms with Crippen LogP contribution >= 0.6 is 0 Å². The fourth-order valence-electron chi connectivity index (χ4n) is 1.89. The molecule has 0 saturated carbocycles. The molecule has 2 rings (SSSR count). The molecule has 1 aliphatic heterocycles. The third-order valence-corrected chi connectivity index (χ3v) is 3.03. The van der Waals surface area contributed by atoms with Crippen molar-refractivity contribution in [1.29, 1.82) is 0 Å². The van der Waals surface area contributed by atoms with Crippen LogP contribution in [0.25, 0.3) is 0 Å². The molecule has 1 aromatic rings. The van der Waals surface area contributed by atoms with Gasteiger partial charge in [0.2, 0.25) is 0 Å². The van der Waals surface area contributed by atoms with Crippen molar-refractivity contribution in [3.8, 4) is 0 Å². The standard InChI is InChI=1S/C11H16N2O3/c1-11(4-5-16-7-11)10-12-6-8(13-10)2-3-9(14)15/h6H,2-5,7H2,1H3,(H,12,13)(H,14,15). The number of aryl methyl sites for hydroxylation is 1. The number of aliphatic carboxylic acids is 1. The first kappa shape index (κ1) is 11.1. The van der Waals surface area contributed by atoms with E-state index in [1.807, 2.05) is 0 Å². The van der Waals surface area contributed by atoms with E-state index in [1.165, 1.54) is 0 Å². The second kappa shape index (κ2) is 4.25. The molecule has 88 valence electrons. The molecule has 0 spiro atoms. The van der Waals surface area contributed by atoms with Gasteiger partial charge in [-0.05, 0) is 12.8 Å². The van der Waals surface area contributed by atoms with Crippen molar-refractivity contribution in [3.05, 3.63) is 17.7 Å². The molecule has 1 aliphatic rings. The Morgan fingerprint density at radius 1 is 1.75 bits per heavy atom. The largest absolute Gasteiger partial charge is 0.481 e. The molecule has 0 aromatic carbocycles. The van der Waals surface area contributed by atoms with Gasteiger partial charge in [0.05, 0.1) is 18.4 Å². The molecular weight excluding hydrogens is 208 g/mol. The van der Waals surface area contributed by atoms with E-state index >= 15 is 0 Å². The van der Waals surface area contributed by atoms with E-state index < -0.39 is 5.97 Å². The smallest absolute Gasteiger partial charge is 0.303 e. The molecule has 0 amide bonds. The van der Waals surface area contributed by atoms with Crippen molar-refractivity contribution in [1.82, 2.24) is 9.97 Å². The van der Waals surface area contributed by atoms with Crippen molar-refractivity contribution in [3.63, 3.8) is 0 Å². The first-order valence-electron chi connectivity index (χ1n) is 5.44. The van der Waals surface area contributed by atoms with Crippen LogP contribution in [0.1, 0.15) is 31.3 Å². The van der Waals surface area contributed by atoms with E-state index in [4.69, 9.17) is 9.84 Å². The molecule has 1 aromatic heterocycles. The average Bonchev–Trinajstić information content (AvgIpc) is 2.84. The van der Waals surface area contributed by atoms with Gasteiger partial charge in [0, 0.05) is 18.5 Å². The number of rotatable bonds is 4. The van der Waals surface area contributed by atoms with Crippen molar-refractivity contribution in [2.24, 2.45) is 0 Å². The number of ether oxygens (including phenoxy) is 1. The van der Waals surface area contributed by atoms with Crippen LogP contribution in [-0.2, 0) is 21.4 Å². The summed E-state index contributed by atoms with van der Waals surface area (Å²) in [6, 6.07) is 0. The number of imidazole rings is 1. The highest BCUT2D eigenvalue weighted by atomic mass is 16.5. The summed E-state index contributed by atoms with van der Waals surface area (Å²) < 4.78 is 5.37. The van der Waals surface area contributed by atoms with Crippen LogP contribution in [0.2, 0.25) is 0 Å². The van der Waals surface area contributed by atoms with Crippen LogP contribution in [0.4, 0.5) is 0 Å². The summed E-state index contributed by atoms with van der Waals surface area (Å²) in [7, 11) is 0. The van der Waals surface area contributed by atoms with Crippen molar-refractivity contribution in [2.75, 3.05) is 13.2 Å². The van der Waals surface area contributed by atoms with Crippen LogP contribution in [0.5, 0.6) is 0 Å². The second-order valence-electron chi connectivity index (χ2n) is 4.51. The lowest BCUT2D eigenvalue weighted by Crippen LogP contribution is -2.23. The van der Waals surface area contributed by atoms with E-state index in [2.05, 4.69) is 16.9 Å². The Morgan fingerprint density at radius 2 is 2.56 bits per heavy atom. The van der Waals surface area contributed by atoms with E-state index in [-0.39, 0.29) is 11.8 Å². The number of nitrogens with one attached hydrogen (secondary N) is 1. The summed E-state index contributed by atoms with van der Waals surface area (Å²) in [5.41, 5.74) is 0.840. The fourth-order valence-corrected chi connectivity index (χ4v) is 1.89. The average molecular weight is 224 g/mol. The maximum absolute atomic E-state index is 10.4. The lowest BCUT2D eigenvalue weighted by molar-refractivity contribution is -0.136. The van der Waals surface area contributed by atoms with E-state index in [1.54, 1.807) is 6.20 Å². The van der Waals surface area contributed by atoms with E-state index in [0.717, 1.165) is 24.5 Å². The van der Waals surface area contributed by atoms with Crippen molar-refractivity contribution < 1.29 is 14.6 Å². The summed E-state index contributed by atoms with van der Waals surface area (Å²) in [4.78, 5) is 18.0. The van der Waals surface area contributed by atoms with Gasteiger partial charge < -0.3 is 14.8 Å². The van der Waals surface area contributed by atoms with Crippen molar-refractivity contribution >= 4 is 5.97 Å². The van der Waals surface area contributed by atoms with Gasteiger partial charge in [0.1, 0.15) is 5.82 Å². The number of aromatic nitrogens is 2. The fraction of sp³-hybridized carbons (Fsp3) is 0.636. The van der Waals surface area contributed by atoms with Gasteiger partial charge in [-0.15, -0.1) is 0 Å². The third kappa shape index (κ3) is 2.24. The molecule has 1 fully saturated rings. The van der Waals surface area contributed by atoms with Crippen LogP contribution in [-0.4, -0.2) is 34.3 Å². The van der Waals surface area contributed by atoms with Gasteiger partial charge in [-0.2, -0.15) is 0 Å². The Balaban J connectivity index is 2.04. The van der Waals surface area contributed by atoms with Crippen LogP contribution in [0.3, 0.4) is 0 Å². The van der Waals surface area contributed by atoms with Crippen molar-refractivity contribution in [2.45, 2.75) is 31.6 Å². The molecule has 1 atom stereocenters. The third-order valence-electron chi connectivity index (χ3n) is 3.03. The minimum atomic E-state index is -0.786. The SMILES string of the molecule is CC1(c2ncc(CCC(=O)O)[nH]2)CCOC1. The minimum Gasteiger partial charge on any atom is -0.481 e. The summed E-state index contributed by atoms with van der Waals surface area (Å²) in [6.07, 6.45) is 3.31. The number of H-pyrrole nitrogens is 1. The molecule has 5 heteroatoms. The molecular formula is C11H16N2O3. The molecule has 0 aliphatic carbocycles. The van der Waals surface area contributed by atoms with E-state index in [0.29, 0.717) is 13.0 Å². The molecule has 1 saturated heterocycles. The molecule has 2 N–H and O–H groups in total. The van der Waals surface area contributed by atoms with Gasteiger partial charge in [0.25, 0.3) is 0 Å². The Hall–Kier alpha value is -1.36. The number of nitrogens with zero attached hydrogens (tertiary/aromatic N) is 1. The Bertz CT molecular complexity index is 380. The first-order chi connectivity index (χ1) is 7.60. The van der Waals surface area contributed by atoms with Crippen LogP contribution < -0.4 is 0 Å². The Kier molecular flexibility index (Phi) is 2.96. The van der Waals surface area contributed by atoms with Gasteiger partial charge in [-0.1, -0.05) is 6.92 Å². The minimum absolute atomic E-state index is 0.0402. The zero-order valence-corrected chi connectivity index (χ0v) is 9.32. The lowest BCUT2D eigenvalue weighted by atomic mass is 9.89. The molecule has 0 radical (unpaired) electrons. The predicted octanol–water partition coefficient (Wildman–Crippen LogP) is 1.10. The zero-order valence-electron chi connectivity index (χ0n) is 9.32. The summed E-state index contributed by atoms with van der Waals surface area (Å²) in [6.45, 7) is 3.56. The molecule has 16 heavy (non-hydrogen) atoms. The topological polar surface area (TPSA) is 75.2 Å². The highest BCUT2D eigenvalue weighted by molar-refractivity contribution is 5.66. The van der Waals surface area contributed by atoms with Gasteiger partial charge >= 0.3 is 5.97 Å². The number of carbonyl (C=O) groups is 1. The predicted molar refractivity (Wildman–Crippen MR) is 57.3 cm³/mol. The maximum Gasteiger partial charge on any atom is 0.303 e. The Morgan fingerprint density at radius 3 is 3.19 bits per heavy atom. The highest BCUT2D eigenvalue weighted by Gasteiger charge is 2.34. The number of hydrogen-bond donors (Lipinski definition) is 2. The van der Waals surface area contributed by atoms with Crippen LogP contribution in [0, 0.1) is 0 Å². The maximum atomic E-state index is 10.4. The quantitative estimate of drug-likeness (QED) is 0.803. The van der Waals surface area contributed by atoms with Gasteiger partial charge in [-0.25, -0.2) is 4.98 Å². The zero-order chi connectivity index (χ0) is 11.6. The summed E-state index contributed by atoms with van der Waals surface area (Å²) in [5.74, 6) is 0.122. The lowest BCUT2D eigenvalue weighted by Gasteiger charge is -2.18. The molecule has 2 heterocycles. The first-order valence-corrected chi connectivity index (χ1v) is 5.44. The molecule has 5 nitrogen and oxygen atoms in total. The van der Waals surface area contributed by atoms with E-state index in [9.17, 15) is 4.79 Å². The van der Waals surface area contributed by atoms with Gasteiger partial charge in [-0.3, -0.25) is 4.79 Å². The number of carboxylic acid groups (broad SMARTS) is 1. The number of aromatic amines is 1. The van der Waals surface area contributed by atoms with Crippen LogP contribution in [0.15, 0.2) is 6.20 Å². The highest BCUT2D eigenvalue weighted by Crippen LogP contribution is 2.30. The normalized spacial score (nSPS) is 24.8. The number of hydrogen-bond acceptors (Lipinski definition) is 3. The molecule has 1 unspecified atom stereocenters. The summed E-state index contributed by atoms with van der Waals surface area (Å²) >= 11 is 0. The Labute approximate surface area is 93.8 Å². The second-order valence-corrected chi connectivity index (χ2v) is 4.51. The monoisotopic (exact) mass is 224 g/mol. The van der Waals surface area contributed by atoms with Gasteiger partial charge in [0.15, 0.2) is 0 Å².